The van der Waals surface area contributed by atoms with Crippen molar-refractivity contribution in [3.63, 3.8) is 0 Å². The van der Waals surface area contributed by atoms with Crippen LogP contribution in [0.15, 0.2) is 42.5 Å². The number of nitrogens with zero attached hydrogens (tertiary/aromatic N) is 1. The summed E-state index contributed by atoms with van der Waals surface area (Å²) >= 11 is 0. The van der Waals surface area contributed by atoms with Crippen molar-refractivity contribution >= 4 is 11.8 Å². The number of hydrogen-bond donors (Lipinski definition) is 0. The lowest BCUT2D eigenvalue weighted by molar-refractivity contribution is -0.128. The number of imide groups is 1. The Morgan fingerprint density at radius 2 is 1.94 bits per heavy atom. The number of carbonyl (C=O) groups excluding carboxylic acids is 2. The van der Waals surface area contributed by atoms with Crippen molar-refractivity contribution in [1.29, 1.82) is 0 Å². The Kier molecular flexibility index (Phi) is 1.93. The minimum atomic E-state index is -0.178. The van der Waals surface area contributed by atoms with Gasteiger partial charge in [0, 0.05) is 5.56 Å². The van der Waals surface area contributed by atoms with E-state index in [1.54, 1.807) is 12.1 Å². The lowest BCUT2D eigenvalue weighted by Gasteiger charge is -2.21. The molecule has 16 heavy (non-hydrogen) atoms. The molecule has 3 rings (SSSR count). The lowest BCUT2D eigenvalue weighted by Crippen LogP contribution is -2.39. The fraction of sp³-hybridized carbons (Fsp3) is 0.231. The van der Waals surface area contributed by atoms with Crippen LogP contribution in [0.1, 0.15) is 16.8 Å². The van der Waals surface area contributed by atoms with Gasteiger partial charge in [-0.1, -0.05) is 30.4 Å². The van der Waals surface area contributed by atoms with E-state index in [1.807, 2.05) is 30.4 Å². The van der Waals surface area contributed by atoms with E-state index in [0.29, 0.717) is 5.56 Å². The van der Waals surface area contributed by atoms with Crippen LogP contribution >= 0.6 is 0 Å². The van der Waals surface area contributed by atoms with Crippen molar-refractivity contribution in [2.24, 2.45) is 5.92 Å². The molecule has 0 N–H and O–H groups in total. The highest BCUT2D eigenvalue weighted by Gasteiger charge is 2.44. The maximum atomic E-state index is 12.1. The van der Waals surface area contributed by atoms with Crippen LogP contribution in [0.4, 0.5) is 0 Å². The third-order valence-corrected chi connectivity index (χ3v) is 3.19. The Hall–Kier alpha value is -1.90. The summed E-state index contributed by atoms with van der Waals surface area (Å²) in [6.45, 7) is 0. The van der Waals surface area contributed by atoms with E-state index >= 15 is 0 Å². The molecule has 3 nitrogen and oxygen atoms in total. The number of amides is 2. The minimum Gasteiger partial charge on any atom is -0.274 e. The van der Waals surface area contributed by atoms with Gasteiger partial charge in [-0.15, -0.1) is 0 Å². The van der Waals surface area contributed by atoms with Crippen molar-refractivity contribution < 1.29 is 9.59 Å². The molecule has 2 aliphatic rings. The van der Waals surface area contributed by atoms with Gasteiger partial charge < -0.3 is 0 Å². The predicted octanol–water partition coefficient (Wildman–Crippen LogP) is 1.61. The van der Waals surface area contributed by atoms with Gasteiger partial charge in [-0.2, -0.15) is 0 Å². The van der Waals surface area contributed by atoms with Crippen LogP contribution in [0.3, 0.4) is 0 Å². The molecule has 1 aliphatic heterocycles. The molecule has 1 aliphatic carbocycles. The third kappa shape index (κ3) is 1.21. The Morgan fingerprint density at radius 3 is 2.56 bits per heavy atom. The zero-order valence-corrected chi connectivity index (χ0v) is 8.67. The molecule has 0 aromatic heterocycles. The molecular weight excluding hydrogens is 202 g/mol. The van der Waals surface area contributed by atoms with E-state index in [4.69, 9.17) is 0 Å². The van der Waals surface area contributed by atoms with Crippen LogP contribution in [0, 0.1) is 5.92 Å². The lowest BCUT2D eigenvalue weighted by atomic mass is 10.1. The van der Waals surface area contributed by atoms with E-state index in [0.717, 1.165) is 6.42 Å². The summed E-state index contributed by atoms with van der Waals surface area (Å²) in [5.41, 5.74) is 0.580. The molecular formula is C13H11NO2. The second kappa shape index (κ2) is 3.30. The maximum Gasteiger partial charge on any atom is 0.261 e. The number of fused-ring (bicyclic) bond motifs is 2. The van der Waals surface area contributed by atoms with E-state index < -0.39 is 0 Å². The fourth-order valence-electron chi connectivity index (χ4n) is 2.37. The molecule has 1 saturated heterocycles. The van der Waals surface area contributed by atoms with E-state index in [9.17, 15) is 9.59 Å². The summed E-state index contributed by atoms with van der Waals surface area (Å²) < 4.78 is 0. The number of benzene rings is 1. The van der Waals surface area contributed by atoms with Crippen molar-refractivity contribution in [1.82, 2.24) is 4.90 Å². The zero-order chi connectivity index (χ0) is 11.1. The highest BCUT2D eigenvalue weighted by Crippen LogP contribution is 2.33. The van der Waals surface area contributed by atoms with Crippen molar-refractivity contribution in [3.05, 3.63) is 48.0 Å². The summed E-state index contributed by atoms with van der Waals surface area (Å²) in [6.07, 6.45) is 4.62. The van der Waals surface area contributed by atoms with Crippen LogP contribution in [0.5, 0.6) is 0 Å². The summed E-state index contributed by atoms with van der Waals surface area (Å²) in [4.78, 5) is 25.3. The summed E-state index contributed by atoms with van der Waals surface area (Å²) in [7, 11) is 0. The number of hydrogen-bond acceptors (Lipinski definition) is 2. The molecule has 0 saturated carbocycles. The van der Waals surface area contributed by atoms with Gasteiger partial charge in [0.1, 0.15) is 0 Å². The highest BCUT2D eigenvalue weighted by molar-refractivity contribution is 6.07. The second-order valence-corrected chi connectivity index (χ2v) is 4.17. The first-order valence-corrected chi connectivity index (χ1v) is 5.38. The second-order valence-electron chi connectivity index (χ2n) is 4.17. The summed E-state index contributed by atoms with van der Waals surface area (Å²) in [6, 6.07) is 8.93. The van der Waals surface area contributed by atoms with Gasteiger partial charge in [-0.05, 0) is 18.6 Å². The largest absolute Gasteiger partial charge is 0.274 e. The topological polar surface area (TPSA) is 37.4 Å². The molecule has 2 atom stereocenters. The van der Waals surface area contributed by atoms with E-state index in [2.05, 4.69) is 0 Å². The monoisotopic (exact) mass is 213 g/mol. The molecule has 2 bridgehead atoms. The Balaban J connectivity index is 1.92. The molecule has 0 spiro atoms. The van der Waals surface area contributed by atoms with Gasteiger partial charge in [0.05, 0.1) is 12.0 Å². The molecule has 1 fully saturated rings. The van der Waals surface area contributed by atoms with E-state index in [-0.39, 0.29) is 23.8 Å². The van der Waals surface area contributed by atoms with Gasteiger partial charge in [0.25, 0.3) is 5.91 Å². The van der Waals surface area contributed by atoms with E-state index in [1.165, 1.54) is 4.90 Å². The van der Waals surface area contributed by atoms with Crippen LogP contribution in [-0.4, -0.2) is 22.8 Å². The number of rotatable bonds is 1. The first kappa shape index (κ1) is 9.33. The minimum absolute atomic E-state index is 0.0230. The van der Waals surface area contributed by atoms with Crippen molar-refractivity contribution in [3.8, 4) is 0 Å². The van der Waals surface area contributed by atoms with Crippen LogP contribution in [0.2, 0.25) is 0 Å². The molecule has 1 heterocycles. The average molecular weight is 213 g/mol. The molecule has 0 unspecified atom stereocenters. The van der Waals surface area contributed by atoms with Crippen LogP contribution in [0.25, 0.3) is 0 Å². The first-order valence-electron chi connectivity index (χ1n) is 5.38. The van der Waals surface area contributed by atoms with Gasteiger partial charge >= 0.3 is 0 Å². The Bertz CT molecular complexity index is 478. The fourth-order valence-corrected chi connectivity index (χ4v) is 2.37. The third-order valence-electron chi connectivity index (χ3n) is 3.19. The number of carbonyl (C=O) groups is 2. The van der Waals surface area contributed by atoms with Crippen molar-refractivity contribution in [2.45, 2.75) is 12.5 Å². The van der Waals surface area contributed by atoms with Gasteiger partial charge in [0.15, 0.2) is 0 Å². The van der Waals surface area contributed by atoms with Gasteiger partial charge in [0.2, 0.25) is 5.91 Å². The first-order chi connectivity index (χ1) is 7.77. The van der Waals surface area contributed by atoms with Crippen molar-refractivity contribution in [2.75, 3.05) is 0 Å². The Labute approximate surface area is 93.4 Å². The smallest absolute Gasteiger partial charge is 0.261 e. The highest BCUT2D eigenvalue weighted by atomic mass is 16.2. The summed E-state index contributed by atoms with van der Waals surface area (Å²) in [5, 5.41) is 0. The molecule has 1 aromatic rings. The van der Waals surface area contributed by atoms with Crippen LogP contribution < -0.4 is 0 Å². The SMILES string of the molecule is O=C(c1ccccc1)N1C(=O)[C@H]2C=C[C@@H]1C2. The molecule has 0 radical (unpaired) electrons. The van der Waals surface area contributed by atoms with Crippen LogP contribution in [-0.2, 0) is 4.79 Å². The number of likely N-dealkylation sites (tertiary alicyclic amines) is 1. The Morgan fingerprint density at radius 1 is 1.19 bits per heavy atom. The zero-order valence-electron chi connectivity index (χ0n) is 8.67. The quantitative estimate of drug-likeness (QED) is 0.525. The average Bonchev–Trinajstić information content (AvgIpc) is 2.90. The molecule has 2 amide bonds. The molecule has 3 heteroatoms. The predicted molar refractivity (Wildman–Crippen MR) is 58.7 cm³/mol. The maximum absolute atomic E-state index is 12.1. The van der Waals surface area contributed by atoms with Gasteiger partial charge in [-0.3, -0.25) is 14.5 Å². The molecule has 80 valence electrons. The normalized spacial score (nSPS) is 26.5. The summed E-state index contributed by atoms with van der Waals surface area (Å²) in [5.74, 6) is -0.304. The van der Waals surface area contributed by atoms with Gasteiger partial charge in [-0.25, -0.2) is 0 Å². The standard InChI is InChI=1S/C13H11NO2/c15-12(9-4-2-1-3-5-9)14-11-7-6-10(8-11)13(14)16/h1-7,10-11H,8H2/t10-,11+/m0/s1. The molecule has 1 aromatic carbocycles.